The first-order valence-electron chi connectivity index (χ1n) is 6.59. The lowest BCUT2D eigenvalue weighted by Crippen LogP contribution is -2.39. The predicted molar refractivity (Wildman–Crippen MR) is 71.6 cm³/mol. The summed E-state index contributed by atoms with van der Waals surface area (Å²) in [6.07, 6.45) is 5.79. The lowest BCUT2D eigenvalue weighted by molar-refractivity contribution is 0.243. The topological polar surface area (TPSA) is 12.0 Å². The maximum absolute atomic E-state index is 3.68. The van der Waals surface area contributed by atoms with E-state index in [0.29, 0.717) is 0 Å². The molecule has 1 fully saturated rings. The molecule has 1 nitrogen and oxygen atoms in total. The van der Waals surface area contributed by atoms with Gasteiger partial charge in [-0.1, -0.05) is 33.6 Å². The molecule has 0 saturated heterocycles. The third-order valence-electron chi connectivity index (χ3n) is 3.60. The van der Waals surface area contributed by atoms with Crippen molar-refractivity contribution in [3.8, 4) is 0 Å². The van der Waals surface area contributed by atoms with Gasteiger partial charge in [-0.05, 0) is 37.0 Å². The van der Waals surface area contributed by atoms with Gasteiger partial charge in [-0.15, -0.1) is 0 Å². The van der Waals surface area contributed by atoms with Crippen LogP contribution in [0.1, 0.15) is 46.5 Å². The molecule has 1 aliphatic carbocycles. The number of rotatable bonds is 6. The summed E-state index contributed by atoms with van der Waals surface area (Å²) in [6.45, 7) is 8.02. The summed E-state index contributed by atoms with van der Waals surface area (Å²) in [5.41, 5.74) is 0. The minimum absolute atomic E-state index is 0.771. The summed E-state index contributed by atoms with van der Waals surface area (Å²) in [5, 5.41) is 3.68. The highest BCUT2D eigenvalue weighted by molar-refractivity contribution is 7.99. The summed E-state index contributed by atoms with van der Waals surface area (Å²) < 4.78 is 0. The van der Waals surface area contributed by atoms with E-state index in [4.69, 9.17) is 0 Å². The highest BCUT2D eigenvalue weighted by Gasteiger charge is 2.25. The molecule has 90 valence electrons. The van der Waals surface area contributed by atoms with Crippen LogP contribution in [0, 0.1) is 11.8 Å². The Morgan fingerprint density at radius 3 is 2.40 bits per heavy atom. The van der Waals surface area contributed by atoms with Crippen molar-refractivity contribution in [1.29, 1.82) is 0 Å². The largest absolute Gasteiger partial charge is 0.313 e. The monoisotopic (exact) mass is 229 g/mol. The van der Waals surface area contributed by atoms with Crippen molar-refractivity contribution >= 4 is 11.8 Å². The standard InChI is InChI=1S/C13H27NS/c1-4-14-13(10-15-5-2)12-8-6-11(3)7-9-12/h11-14H,4-10H2,1-3H3. The third-order valence-corrected chi connectivity index (χ3v) is 4.60. The molecule has 0 aromatic carbocycles. The number of hydrogen-bond donors (Lipinski definition) is 1. The number of nitrogens with one attached hydrogen (secondary N) is 1. The molecule has 0 heterocycles. The summed E-state index contributed by atoms with van der Waals surface area (Å²) in [5.74, 6) is 4.48. The molecule has 1 atom stereocenters. The molecular weight excluding hydrogens is 202 g/mol. The Morgan fingerprint density at radius 2 is 1.87 bits per heavy atom. The fourth-order valence-electron chi connectivity index (χ4n) is 2.56. The van der Waals surface area contributed by atoms with E-state index in [1.54, 1.807) is 0 Å². The Hall–Kier alpha value is 0.310. The fraction of sp³-hybridized carbons (Fsp3) is 1.00. The minimum Gasteiger partial charge on any atom is -0.313 e. The summed E-state index contributed by atoms with van der Waals surface area (Å²) in [7, 11) is 0. The van der Waals surface area contributed by atoms with E-state index in [1.807, 2.05) is 0 Å². The van der Waals surface area contributed by atoms with Crippen LogP contribution in [0.2, 0.25) is 0 Å². The van der Waals surface area contributed by atoms with Crippen LogP contribution >= 0.6 is 11.8 Å². The Bertz CT molecular complexity index is 153. The highest BCUT2D eigenvalue weighted by Crippen LogP contribution is 2.31. The van der Waals surface area contributed by atoms with Gasteiger partial charge in [-0.3, -0.25) is 0 Å². The maximum atomic E-state index is 3.68. The van der Waals surface area contributed by atoms with Gasteiger partial charge < -0.3 is 5.32 Å². The van der Waals surface area contributed by atoms with Gasteiger partial charge in [0.25, 0.3) is 0 Å². The van der Waals surface area contributed by atoms with E-state index in [1.165, 1.54) is 37.2 Å². The van der Waals surface area contributed by atoms with Gasteiger partial charge in [-0.25, -0.2) is 0 Å². The van der Waals surface area contributed by atoms with Crippen LogP contribution in [-0.2, 0) is 0 Å². The maximum Gasteiger partial charge on any atom is 0.0186 e. The Labute approximate surface area is 99.8 Å². The number of thioether (sulfide) groups is 1. The summed E-state index contributed by atoms with van der Waals surface area (Å²) in [4.78, 5) is 0. The lowest BCUT2D eigenvalue weighted by atomic mass is 9.79. The van der Waals surface area contributed by atoms with Crippen molar-refractivity contribution in [2.24, 2.45) is 11.8 Å². The Kier molecular flexibility index (Phi) is 6.74. The molecule has 0 amide bonds. The smallest absolute Gasteiger partial charge is 0.0186 e. The van der Waals surface area contributed by atoms with Crippen molar-refractivity contribution in [2.45, 2.75) is 52.5 Å². The molecule has 0 aliphatic heterocycles. The fourth-order valence-corrected chi connectivity index (χ4v) is 3.44. The van der Waals surface area contributed by atoms with Crippen LogP contribution in [0.25, 0.3) is 0 Å². The molecule has 1 N–H and O–H groups in total. The van der Waals surface area contributed by atoms with Gasteiger partial charge in [0.2, 0.25) is 0 Å². The quantitative estimate of drug-likeness (QED) is 0.747. The van der Waals surface area contributed by atoms with Crippen LogP contribution < -0.4 is 5.32 Å². The van der Waals surface area contributed by atoms with Gasteiger partial charge in [0.05, 0.1) is 0 Å². The zero-order valence-electron chi connectivity index (χ0n) is 10.6. The van der Waals surface area contributed by atoms with E-state index in [-0.39, 0.29) is 0 Å². The second kappa shape index (κ2) is 7.56. The molecule has 0 spiro atoms. The first kappa shape index (κ1) is 13.4. The third kappa shape index (κ3) is 4.78. The SMILES string of the molecule is CCNC(CSCC)C1CCC(C)CC1. The molecule has 0 aromatic rings. The minimum atomic E-state index is 0.771. The van der Waals surface area contributed by atoms with Gasteiger partial charge in [0.1, 0.15) is 0 Å². The summed E-state index contributed by atoms with van der Waals surface area (Å²) >= 11 is 2.09. The van der Waals surface area contributed by atoms with Crippen LogP contribution in [0.3, 0.4) is 0 Å². The number of hydrogen-bond acceptors (Lipinski definition) is 2. The molecule has 1 saturated carbocycles. The van der Waals surface area contributed by atoms with E-state index in [9.17, 15) is 0 Å². The molecule has 1 unspecified atom stereocenters. The molecule has 2 heteroatoms. The van der Waals surface area contributed by atoms with E-state index in [2.05, 4.69) is 37.8 Å². The van der Waals surface area contributed by atoms with Crippen molar-refractivity contribution in [1.82, 2.24) is 5.32 Å². The van der Waals surface area contributed by atoms with Gasteiger partial charge in [0, 0.05) is 11.8 Å². The molecule has 0 radical (unpaired) electrons. The van der Waals surface area contributed by atoms with Crippen LogP contribution in [0.4, 0.5) is 0 Å². The average molecular weight is 229 g/mol. The molecular formula is C13H27NS. The zero-order valence-corrected chi connectivity index (χ0v) is 11.4. The highest BCUT2D eigenvalue weighted by atomic mass is 32.2. The zero-order chi connectivity index (χ0) is 11.1. The molecule has 15 heavy (non-hydrogen) atoms. The summed E-state index contributed by atoms with van der Waals surface area (Å²) in [6, 6.07) is 0.771. The molecule has 0 aromatic heterocycles. The van der Waals surface area contributed by atoms with Crippen LogP contribution in [0.15, 0.2) is 0 Å². The second-order valence-electron chi connectivity index (χ2n) is 4.84. The predicted octanol–water partition coefficient (Wildman–Crippen LogP) is 3.54. The van der Waals surface area contributed by atoms with Gasteiger partial charge >= 0.3 is 0 Å². The molecule has 0 bridgehead atoms. The van der Waals surface area contributed by atoms with Crippen LogP contribution in [0.5, 0.6) is 0 Å². The molecule has 1 rings (SSSR count). The second-order valence-corrected chi connectivity index (χ2v) is 6.16. The van der Waals surface area contributed by atoms with Crippen molar-refractivity contribution in [3.05, 3.63) is 0 Å². The van der Waals surface area contributed by atoms with Crippen molar-refractivity contribution < 1.29 is 0 Å². The normalized spacial score (nSPS) is 29.0. The first-order chi connectivity index (χ1) is 7.27. The Morgan fingerprint density at radius 1 is 1.20 bits per heavy atom. The van der Waals surface area contributed by atoms with E-state index >= 15 is 0 Å². The van der Waals surface area contributed by atoms with Gasteiger partial charge in [-0.2, -0.15) is 11.8 Å². The van der Waals surface area contributed by atoms with Crippen molar-refractivity contribution in [2.75, 3.05) is 18.1 Å². The molecule has 1 aliphatic rings. The van der Waals surface area contributed by atoms with E-state index in [0.717, 1.165) is 24.4 Å². The average Bonchev–Trinajstić information content (AvgIpc) is 2.25. The Balaban J connectivity index is 2.33. The first-order valence-corrected chi connectivity index (χ1v) is 7.74. The van der Waals surface area contributed by atoms with Gasteiger partial charge in [0.15, 0.2) is 0 Å². The van der Waals surface area contributed by atoms with Crippen LogP contribution in [-0.4, -0.2) is 24.1 Å². The van der Waals surface area contributed by atoms with Crippen molar-refractivity contribution in [3.63, 3.8) is 0 Å². The lowest BCUT2D eigenvalue weighted by Gasteiger charge is -2.33. The van der Waals surface area contributed by atoms with E-state index < -0.39 is 0 Å².